The summed E-state index contributed by atoms with van der Waals surface area (Å²) in [5.74, 6) is 0.717. The molecule has 0 radical (unpaired) electrons. The second-order valence-corrected chi connectivity index (χ2v) is 6.31. The Morgan fingerprint density at radius 3 is 2.21 bits per heavy atom. The van der Waals surface area contributed by atoms with Crippen LogP contribution in [0, 0.1) is 12.7 Å². The number of aryl methyl sites for hydroxylation is 1. The van der Waals surface area contributed by atoms with Crippen LogP contribution in [-0.2, 0) is 0 Å². The van der Waals surface area contributed by atoms with Crippen LogP contribution in [0.4, 0.5) is 4.39 Å². The topological polar surface area (TPSA) is 35.5 Å². The summed E-state index contributed by atoms with van der Waals surface area (Å²) in [7, 11) is 3.20. The quantitative estimate of drug-likeness (QED) is 0.408. The number of rotatable bonds is 6. The highest BCUT2D eigenvalue weighted by molar-refractivity contribution is 6.07. The van der Waals surface area contributed by atoms with Gasteiger partial charge in [0, 0.05) is 16.7 Å². The average molecular weight is 376 g/mol. The summed E-state index contributed by atoms with van der Waals surface area (Å²) < 4.78 is 24.1. The Bertz CT molecular complexity index is 1020. The van der Waals surface area contributed by atoms with Crippen LogP contribution in [0.1, 0.15) is 21.5 Å². The summed E-state index contributed by atoms with van der Waals surface area (Å²) in [6.07, 6.45) is 3.12. The van der Waals surface area contributed by atoms with Gasteiger partial charge in [-0.2, -0.15) is 0 Å². The lowest BCUT2D eigenvalue weighted by Gasteiger charge is -2.15. The van der Waals surface area contributed by atoms with Crippen LogP contribution in [0.15, 0.2) is 66.7 Å². The van der Waals surface area contributed by atoms with Crippen molar-refractivity contribution in [3.8, 4) is 22.6 Å². The number of hydrogen-bond donors (Lipinski definition) is 0. The van der Waals surface area contributed by atoms with E-state index in [2.05, 4.69) is 0 Å². The highest BCUT2D eigenvalue weighted by Gasteiger charge is 2.13. The first-order valence-electron chi connectivity index (χ1n) is 8.83. The van der Waals surface area contributed by atoms with E-state index in [1.54, 1.807) is 20.3 Å². The van der Waals surface area contributed by atoms with Gasteiger partial charge >= 0.3 is 0 Å². The van der Waals surface area contributed by atoms with Crippen molar-refractivity contribution in [3.63, 3.8) is 0 Å². The van der Waals surface area contributed by atoms with Gasteiger partial charge in [0.25, 0.3) is 0 Å². The standard InChI is InChI=1S/C24H21FO3/c1-16-6-4-5-7-20(16)21-15-23(27-2)18(14-24(21)28-3)10-13-22(26)17-8-11-19(25)12-9-17/h4-15H,1-3H3/b13-10+. The Kier molecular flexibility index (Phi) is 5.90. The van der Waals surface area contributed by atoms with Crippen LogP contribution in [0.25, 0.3) is 17.2 Å². The number of carbonyl (C=O) groups excluding carboxylic acids is 1. The molecule has 0 heterocycles. The maximum absolute atomic E-state index is 13.0. The van der Waals surface area contributed by atoms with Crippen molar-refractivity contribution in [1.82, 2.24) is 0 Å². The van der Waals surface area contributed by atoms with E-state index in [1.165, 1.54) is 30.3 Å². The van der Waals surface area contributed by atoms with Crippen molar-refractivity contribution < 1.29 is 18.7 Å². The van der Waals surface area contributed by atoms with Crippen LogP contribution < -0.4 is 9.47 Å². The predicted molar refractivity (Wildman–Crippen MR) is 109 cm³/mol. The third kappa shape index (κ3) is 4.12. The molecular formula is C24H21FO3. The van der Waals surface area contributed by atoms with E-state index in [0.29, 0.717) is 22.6 Å². The van der Waals surface area contributed by atoms with Gasteiger partial charge in [0.2, 0.25) is 0 Å². The molecule has 0 aliphatic rings. The van der Waals surface area contributed by atoms with E-state index >= 15 is 0 Å². The SMILES string of the molecule is COc1cc(-c2ccccc2C)c(OC)cc1/C=C/C(=O)c1ccc(F)cc1. The first kappa shape index (κ1) is 19.4. The Morgan fingerprint density at radius 2 is 1.57 bits per heavy atom. The molecule has 0 saturated heterocycles. The van der Waals surface area contributed by atoms with Gasteiger partial charge in [0.05, 0.1) is 14.2 Å². The molecule has 0 spiro atoms. The van der Waals surface area contributed by atoms with Crippen molar-refractivity contribution in [2.75, 3.05) is 14.2 Å². The second kappa shape index (κ2) is 8.53. The molecule has 3 aromatic rings. The van der Waals surface area contributed by atoms with Crippen molar-refractivity contribution in [2.24, 2.45) is 0 Å². The normalized spacial score (nSPS) is 10.9. The van der Waals surface area contributed by atoms with Crippen molar-refractivity contribution >= 4 is 11.9 Å². The molecule has 3 nitrogen and oxygen atoms in total. The van der Waals surface area contributed by atoms with Gasteiger partial charge in [-0.05, 0) is 66.6 Å². The molecule has 142 valence electrons. The highest BCUT2D eigenvalue weighted by Crippen LogP contribution is 2.38. The first-order chi connectivity index (χ1) is 13.5. The summed E-state index contributed by atoms with van der Waals surface area (Å²) in [6, 6.07) is 17.2. The third-order valence-corrected chi connectivity index (χ3v) is 4.53. The second-order valence-electron chi connectivity index (χ2n) is 6.31. The molecule has 0 amide bonds. The molecule has 4 heteroatoms. The summed E-state index contributed by atoms with van der Waals surface area (Å²) >= 11 is 0. The van der Waals surface area contributed by atoms with E-state index in [0.717, 1.165) is 16.7 Å². The minimum Gasteiger partial charge on any atom is -0.496 e. The lowest BCUT2D eigenvalue weighted by atomic mass is 9.97. The number of ether oxygens (including phenoxy) is 2. The van der Waals surface area contributed by atoms with Gasteiger partial charge in [-0.25, -0.2) is 4.39 Å². The van der Waals surface area contributed by atoms with Crippen molar-refractivity contribution in [3.05, 3.63) is 89.2 Å². The number of hydrogen-bond acceptors (Lipinski definition) is 3. The van der Waals surface area contributed by atoms with Gasteiger partial charge in [-0.3, -0.25) is 4.79 Å². The summed E-state index contributed by atoms with van der Waals surface area (Å²) in [5.41, 5.74) is 4.22. The van der Waals surface area contributed by atoms with Gasteiger partial charge < -0.3 is 9.47 Å². The van der Waals surface area contributed by atoms with Gasteiger partial charge in [0.15, 0.2) is 5.78 Å². The van der Waals surface area contributed by atoms with Gasteiger partial charge in [-0.1, -0.05) is 24.3 Å². The zero-order valence-electron chi connectivity index (χ0n) is 16.0. The van der Waals surface area contributed by atoms with Gasteiger partial charge in [0.1, 0.15) is 17.3 Å². The molecule has 0 atom stereocenters. The van der Waals surface area contributed by atoms with Crippen LogP contribution in [-0.4, -0.2) is 20.0 Å². The maximum Gasteiger partial charge on any atom is 0.185 e. The maximum atomic E-state index is 13.0. The number of halogens is 1. The van der Waals surface area contributed by atoms with E-state index < -0.39 is 0 Å². The number of carbonyl (C=O) groups is 1. The monoisotopic (exact) mass is 376 g/mol. The number of methoxy groups -OCH3 is 2. The minimum atomic E-state index is -0.376. The van der Waals surface area contributed by atoms with Crippen LogP contribution in [0.3, 0.4) is 0 Å². The van der Waals surface area contributed by atoms with Crippen LogP contribution in [0.2, 0.25) is 0 Å². The highest BCUT2D eigenvalue weighted by atomic mass is 19.1. The fourth-order valence-electron chi connectivity index (χ4n) is 3.01. The summed E-state index contributed by atoms with van der Waals surface area (Å²) in [4.78, 5) is 12.3. The first-order valence-corrected chi connectivity index (χ1v) is 8.83. The Labute approximate surface area is 164 Å². The Morgan fingerprint density at radius 1 is 0.893 bits per heavy atom. The predicted octanol–water partition coefficient (Wildman–Crippen LogP) is 5.71. The van der Waals surface area contributed by atoms with E-state index in [-0.39, 0.29) is 11.6 Å². The molecule has 0 aliphatic heterocycles. The van der Waals surface area contributed by atoms with E-state index in [4.69, 9.17) is 9.47 Å². The van der Waals surface area contributed by atoms with Crippen molar-refractivity contribution in [2.45, 2.75) is 6.92 Å². The molecular weight excluding hydrogens is 355 g/mol. The molecule has 0 N–H and O–H groups in total. The zero-order chi connectivity index (χ0) is 20.1. The lowest BCUT2D eigenvalue weighted by molar-refractivity contribution is 0.104. The molecule has 3 aromatic carbocycles. The largest absolute Gasteiger partial charge is 0.496 e. The summed E-state index contributed by atoms with van der Waals surface area (Å²) in [6.45, 7) is 2.04. The van der Waals surface area contributed by atoms with Gasteiger partial charge in [-0.15, -0.1) is 0 Å². The third-order valence-electron chi connectivity index (χ3n) is 4.53. The molecule has 0 aliphatic carbocycles. The fourth-order valence-corrected chi connectivity index (χ4v) is 3.01. The van der Waals surface area contributed by atoms with E-state index in [9.17, 15) is 9.18 Å². The van der Waals surface area contributed by atoms with Crippen LogP contribution >= 0.6 is 0 Å². The minimum absolute atomic E-state index is 0.219. The number of benzene rings is 3. The molecule has 28 heavy (non-hydrogen) atoms. The Hall–Kier alpha value is -3.40. The van der Waals surface area contributed by atoms with Crippen LogP contribution in [0.5, 0.6) is 11.5 Å². The zero-order valence-corrected chi connectivity index (χ0v) is 16.0. The lowest BCUT2D eigenvalue weighted by Crippen LogP contribution is -1.96. The molecule has 0 saturated carbocycles. The van der Waals surface area contributed by atoms with Crippen molar-refractivity contribution in [1.29, 1.82) is 0 Å². The van der Waals surface area contributed by atoms with E-state index in [1.807, 2.05) is 43.3 Å². The number of allylic oxidation sites excluding steroid dienone is 1. The average Bonchev–Trinajstić information content (AvgIpc) is 2.72. The molecule has 0 fully saturated rings. The fraction of sp³-hybridized carbons (Fsp3) is 0.125. The molecule has 3 rings (SSSR count). The molecule has 0 unspecified atom stereocenters. The molecule has 0 bridgehead atoms. The number of ketones is 1. The molecule has 0 aromatic heterocycles. The smallest absolute Gasteiger partial charge is 0.185 e. The summed E-state index contributed by atoms with van der Waals surface area (Å²) in [5, 5.41) is 0. The Balaban J connectivity index is 1.99.